The van der Waals surface area contributed by atoms with Gasteiger partial charge in [0, 0.05) is 25.0 Å². The van der Waals surface area contributed by atoms with Crippen molar-refractivity contribution in [2.24, 2.45) is 5.92 Å². The maximum Gasteiger partial charge on any atom is 0.159 e. The van der Waals surface area contributed by atoms with Crippen LogP contribution >= 0.6 is 0 Å². The van der Waals surface area contributed by atoms with Gasteiger partial charge in [0.05, 0.1) is 0 Å². The van der Waals surface area contributed by atoms with Gasteiger partial charge in [0.15, 0.2) is 5.78 Å². The minimum Gasteiger partial charge on any atom is -0.295 e. The van der Waals surface area contributed by atoms with E-state index in [4.69, 9.17) is 0 Å². The lowest BCUT2D eigenvalue weighted by Crippen LogP contribution is -2.34. The summed E-state index contributed by atoms with van der Waals surface area (Å²) in [7, 11) is 0. The lowest BCUT2D eigenvalue weighted by atomic mass is 9.96. The van der Waals surface area contributed by atoms with Crippen LogP contribution in [0.15, 0.2) is 42.5 Å². The van der Waals surface area contributed by atoms with E-state index in [9.17, 15) is 4.79 Å². The molecule has 2 bridgehead atoms. The molecule has 0 saturated carbocycles. The Morgan fingerprint density at radius 1 is 1.17 bits per heavy atom. The highest BCUT2D eigenvalue weighted by molar-refractivity contribution is 5.92. The van der Waals surface area contributed by atoms with E-state index in [-0.39, 0.29) is 5.92 Å². The Morgan fingerprint density at radius 3 is 2.83 bits per heavy atom. The molecule has 1 fully saturated rings. The monoisotopic (exact) mass is 241 g/mol. The van der Waals surface area contributed by atoms with Crippen molar-refractivity contribution >= 4 is 5.78 Å². The van der Waals surface area contributed by atoms with Crippen LogP contribution in [-0.2, 0) is 11.3 Å². The summed E-state index contributed by atoms with van der Waals surface area (Å²) in [5.41, 5.74) is 1.34. The SMILES string of the molecule is O=C1C=CC2CCCC1CN2Cc1ccccc1. The normalized spacial score (nSPS) is 28.1. The van der Waals surface area contributed by atoms with Crippen LogP contribution in [0.1, 0.15) is 24.8 Å². The predicted molar refractivity (Wildman–Crippen MR) is 72.1 cm³/mol. The molecule has 2 atom stereocenters. The van der Waals surface area contributed by atoms with Crippen molar-refractivity contribution in [2.75, 3.05) is 6.54 Å². The van der Waals surface area contributed by atoms with Crippen molar-refractivity contribution in [3.63, 3.8) is 0 Å². The van der Waals surface area contributed by atoms with Crippen molar-refractivity contribution in [2.45, 2.75) is 31.8 Å². The second-order valence-corrected chi connectivity index (χ2v) is 5.37. The lowest BCUT2D eigenvalue weighted by molar-refractivity contribution is -0.118. The van der Waals surface area contributed by atoms with Gasteiger partial charge in [-0.05, 0) is 24.5 Å². The van der Waals surface area contributed by atoms with Gasteiger partial charge >= 0.3 is 0 Å². The summed E-state index contributed by atoms with van der Waals surface area (Å²) >= 11 is 0. The number of benzene rings is 1. The number of rotatable bonds is 2. The minimum atomic E-state index is 0.220. The molecule has 18 heavy (non-hydrogen) atoms. The first-order valence-corrected chi connectivity index (χ1v) is 6.83. The van der Waals surface area contributed by atoms with Gasteiger partial charge in [0.1, 0.15) is 0 Å². The maximum absolute atomic E-state index is 11.9. The van der Waals surface area contributed by atoms with Crippen LogP contribution in [0.5, 0.6) is 0 Å². The molecule has 0 radical (unpaired) electrons. The van der Waals surface area contributed by atoms with Crippen molar-refractivity contribution in [1.82, 2.24) is 4.90 Å². The van der Waals surface area contributed by atoms with Gasteiger partial charge in [-0.1, -0.05) is 42.8 Å². The summed E-state index contributed by atoms with van der Waals surface area (Å²) in [6, 6.07) is 11.0. The van der Waals surface area contributed by atoms with Crippen LogP contribution in [0.4, 0.5) is 0 Å². The average molecular weight is 241 g/mol. The third kappa shape index (κ3) is 2.39. The second kappa shape index (κ2) is 5.07. The summed E-state index contributed by atoms with van der Waals surface area (Å²) in [5, 5.41) is 0. The van der Waals surface area contributed by atoms with Gasteiger partial charge < -0.3 is 0 Å². The lowest BCUT2D eigenvalue weighted by Gasteiger charge is -2.27. The van der Waals surface area contributed by atoms with Gasteiger partial charge in [0.2, 0.25) is 0 Å². The van der Waals surface area contributed by atoms with Crippen LogP contribution in [-0.4, -0.2) is 23.3 Å². The van der Waals surface area contributed by atoms with E-state index in [1.165, 1.54) is 18.4 Å². The Hall–Kier alpha value is -1.41. The number of hydrogen-bond acceptors (Lipinski definition) is 2. The van der Waals surface area contributed by atoms with Crippen molar-refractivity contribution in [3.8, 4) is 0 Å². The van der Waals surface area contributed by atoms with Crippen LogP contribution in [0.3, 0.4) is 0 Å². The number of nitrogens with zero attached hydrogens (tertiary/aromatic N) is 1. The van der Waals surface area contributed by atoms with Crippen LogP contribution < -0.4 is 0 Å². The van der Waals surface area contributed by atoms with E-state index >= 15 is 0 Å². The highest BCUT2D eigenvalue weighted by atomic mass is 16.1. The molecule has 2 aliphatic heterocycles. The van der Waals surface area contributed by atoms with E-state index in [0.717, 1.165) is 19.5 Å². The Kier molecular flexibility index (Phi) is 3.28. The molecule has 2 heteroatoms. The van der Waals surface area contributed by atoms with Gasteiger partial charge in [0.25, 0.3) is 0 Å². The summed E-state index contributed by atoms with van der Waals surface area (Å²) < 4.78 is 0. The van der Waals surface area contributed by atoms with Crippen molar-refractivity contribution < 1.29 is 4.79 Å². The molecular formula is C16H19NO. The Bertz CT molecular complexity index is 451. The zero-order chi connectivity index (χ0) is 12.4. The molecule has 1 aromatic carbocycles. The van der Waals surface area contributed by atoms with Crippen molar-refractivity contribution in [1.29, 1.82) is 0 Å². The molecule has 0 aromatic heterocycles. The number of hydrogen-bond donors (Lipinski definition) is 0. The van der Waals surface area contributed by atoms with E-state index < -0.39 is 0 Å². The summed E-state index contributed by atoms with van der Waals surface area (Å²) in [5.74, 6) is 0.549. The number of fused-ring (bicyclic) bond motifs is 3. The molecule has 2 aliphatic rings. The van der Waals surface area contributed by atoms with Gasteiger partial charge in [-0.25, -0.2) is 0 Å². The molecule has 0 spiro atoms. The number of carbonyl (C=O) groups excluding carboxylic acids is 1. The molecule has 0 aliphatic carbocycles. The first-order chi connectivity index (χ1) is 8.83. The van der Waals surface area contributed by atoms with E-state index in [1.807, 2.05) is 12.1 Å². The van der Waals surface area contributed by atoms with E-state index in [0.29, 0.717) is 11.8 Å². The molecule has 3 rings (SSSR count). The second-order valence-electron chi connectivity index (χ2n) is 5.37. The molecule has 0 amide bonds. The molecular weight excluding hydrogens is 222 g/mol. The Balaban J connectivity index is 1.80. The molecule has 2 nitrogen and oxygen atoms in total. The topological polar surface area (TPSA) is 20.3 Å². The van der Waals surface area contributed by atoms with Crippen LogP contribution in [0.25, 0.3) is 0 Å². The van der Waals surface area contributed by atoms with Gasteiger partial charge in [-0.2, -0.15) is 0 Å². The van der Waals surface area contributed by atoms with Crippen LogP contribution in [0, 0.1) is 5.92 Å². The van der Waals surface area contributed by atoms with Crippen LogP contribution in [0.2, 0.25) is 0 Å². The van der Waals surface area contributed by atoms with Crippen molar-refractivity contribution in [3.05, 3.63) is 48.0 Å². The largest absolute Gasteiger partial charge is 0.295 e. The standard InChI is InChI=1S/C16H19NO/c18-16-10-9-15-8-4-7-14(16)12-17(15)11-13-5-2-1-3-6-13/h1-3,5-6,9-10,14-15H,4,7-8,11-12H2. The highest BCUT2D eigenvalue weighted by Gasteiger charge is 2.30. The molecule has 1 saturated heterocycles. The Labute approximate surface area is 108 Å². The van der Waals surface area contributed by atoms with Gasteiger partial charge in [-0.3, -0.25) is 9.69 Å². The third-order valence-electron chi connectivity index (χ3n) is 4.09. The molecule has 0 N–H and O–H groups in total. The number of carbonyl (C=O) groups is 1. The highest BCUT2D eigenvalue weighted by Crippen LogP contribution is 2.27. The molecule has 1 aromatic rings. The first-order valence-electron chi connectivity index (χ1n) is 6.83. The molecule has 2 heterocycles. The fraction of sp³-hybridized carbons (Fsp3) is 0.438. The number of allylic oxidation sites excluding steroid dienone is 1. The summed E-state index contributed by atoms with van der Waals surface area (Å²) in [6.07, 6.45) is 7.36. The quantitative estimate of drug-likeness (QED) is 0.793. The average Bonchev–Trinajstić information content (AvgIpc) is 2.66. The maximum atomic E-state index is 11.9. The first kappa shape index (κ1) is 11.7. The minimum absolute atomic E-state index is 0.220. The van der Waals surface area contributed by atoms with Gasteiger partial charge in [-0.15, -0.1) is 0 Å². The molecule has 2 unspecified atom stereocenters. The summed E-state index contributed by atoms with van der Waals surface area (Å²) in [4.78, 5) is 14.4. The Morgan fingerprint density at radius 2 is 2.00 bits per heavy atom. The third-order valence-corrected chi connectivity index (χ3v) is 4.09. The zero-order valence-electron chi connectivity index (χ0n) is 10.6. The fourth-order valence-corrected chi connectivity index (χ4v) is 3.06. The van der Waals surface area contributed by atoms with E-state index in [1.54, 1.807) is 0 Å². The van der Waals surface area contributed by atoms with E-state index in [2.05, 4.69) is 35.2 Å². The smallest absolute Gasteiger partial charge is 0.159 e. The zero-order valence-corrected chi connectivity index (χ0v) is 10.6. The predicted octanol–water partition coefficient (Wildman–Crippen LogP) is 2.80. The fourth-order valence-electron chi connectivity index (χ4n) is 3.06. The summed E-state index contributed by atoms with van der Waals surface area (Å²) in [6.45, 7) is 1.88. The molecule has 94 valence electrons. The number of ketones is 1.